The van der Waals surface area contributed by atoms with Crippen LogP contribution in [0.5, 0.6) is 0 Å². The number of carbonyl (C=O) groups is 1. The molecular weight excluding hydrogens is 353 g/mol. The van der Waals surface area contributed by atoms with Gasteiger partial charge in [0.15, 0.2) is 0 Å². The van der Waals surface area contributed by atoms with E-state index in [1.807, 2.05) is 0 Å². The van der Waals surface area contributed by atoms with E-state index in [0.29, 0.717) is 0 Å². The summed E-state index contributed by atoms with van der Waals surface area (Å²) >= 11 is 17.6. The Morgan fingerprint density at radius 3 is 2.23 bits per heavy atom. The summed E-state index contributed by atoms with van der Waals surface area (Å²) in [6.45, 7) is 0. The van der Waals surface area contributed by atoms with Crippen LogP contribution >= 0.6 is 34.8 Å². The highest BCUT2D eigenvalue weighted by molar-refractivity contribution is 6.39. The quantitative estimate of drug-likeness (QED) is 0.482. The first-order valence-corrected chi connectivity index (χ1v) is 6.93. The summed E-state index contributed by atoms with van der Waals surface area (Å²) in [6, 6.07) is 6.38. The maximum atomic E-state index is 12.2. The van der Waals surface area contributed by atoms with Crippen LogP contribution in [0.3, 0.4) is 0 Å². The Balaban J connectivity index is 2.33. The summed E-state index contributed by atoms with van der Waals surface area (Å²) in [7, 11) is 0. The lowest BCUT2D eigenvalue weighted by atomic mass is 10.1. The predicted molar refractivity (Wildman–Crippen MR) is 86.9 cm³/mol. The van der Waals surface area contributed by atoms with Crippen molar-refractivity contribution in [2.24, 2.45) is 0 Å². The van der Waals surface area contributed by atoms with Crippen molar-refractivity contribution in [3.8, 4) is 0 Å². The van der Waals surface area contributed by atoms with Gasteiger partial charge >= 0.3 is 0 Å². The van der Waals surface area contributed by atoms with Crippen LogP contribution in [0, 0.1) is 10.1 Å². The van der Waals surface area contributed by atoms with E-state index in [1.165, 1.54) is 24.3 Å². The number of nitro benzene ring substituents is 1. The van der Waals surface area contributed by atoms with Crippen molar-refractivity contribution < 1.29 is 9.72 Å². The molecule has 0 aliphatic carbocycles. The summed E-state index contributed by atoms with van der Waals surface area (Å²) < 4.78 is 0. The molecule has 0 saturated carbocycles. The van der Waals surface area contributed by atoms with Gasteiger partial charge < -0.3 is 11.1 Å². The Morgan fingerprint density at radius 1 is 1.09 bits per heavy atom. The number of amides is 1. The normalized spacial score (nSPS) is 10.3. The van der Waals surface area contributed by atoms with Gasteiger partial charge in [-0.3, -0.25) is 14.9 Å². The highest BCUT2D eigenvalue weighted by Crippen LogP contribution is 2.31. The number of hydrogen-bond donors (Lipinski definition) is 2. The molecule has 0 radical (unpaired) electrons. The van der Waals surface area contributed by atoms with Crippen molar-refractivity contribution in [3.63, 3.8) is 0 Å². The summed E-state index contributed by atoms with van der Waals surface area (Å²) in [5.41, 5.74) is 5.79. The van der Waals surface area contributed by atoms with Crippen molar-refractivity contribution in [2.45, 2.75) is 0 Å². The molecule has 0 saturated heterocycles. The maximum absolute atomic E-state index is 12.2. The Hall–Kier alpha value is -2.02. The second-order valence-electron chi connectivity index (χ2n) is 4.23. The molecule has 2 rings (SSSR count). The second kappa shape index (κ2) is 6.39. The van der Waals surface area contributed by atoms with Crippen molar-refractivity contribution in [2.75, 3.05) is 11.1 Å². The zero-order chi connectivity index (χ0) is 16.4. The number of carbonyl (C=O) groups excluding carboxylic acids is 1. The molecule has 2 aromatic rings. The van der Waals surface area contributed by atoms with Crippen LogP contribution in [0.2, 0.25) is 15.1 Å². The number of anilines is 2. The molecule has 0 aliphatic rings. The van der Waals surface area contributed by atoms with E-state index < -0.39 is 10.8 Å². The molecule has 0 aromatic heterocycles. The standard InChI is InChI=1S/C13H8Cl3N3O3/c14-9-2-1-7(19(21)22)5-8(9)13(20)18-6-3-10(15)12(17)11(16)4-6/h1-5H,17H2,(H,18,20). The number of nitrogen functional groups attached to an aromatic ring is 1. The van der Waals surface area contributed by atoms with Gasteiger partial charge in [-0.25, -0.2) is 0 Å². The van der Waals surface area contributed by atoms with Crippen molar-refractivity contribution >= 4 is 57.8 Å². The molecule has 0 fully saturated rings. The summed E-state index contributed by atoms with van der Waals surface area (Å²) in [5, 5.41) is 13.7. The van der Waals surface area contributed by atoms with Crippen LogP contribution in [0.4, 0.5) is 17.1 Å². The lowest BCUT2D eigenvalue weighted by Crippen LogP contribution is -2.13. The van der Waals surface area contributed by atoms with Crippen LogP contribution in [0.1, 0.15) is 10.4 Å². The Labute approximate surface area is 139 Å². The average Bonchev–Trinajstić information content (AvgIpc) is 2.44. The van der Waals surface area contributed by atoms with Gasteiger partial charge in [0.25, 0.3) is 11.6 Å². The van der Waals surface area contributed by atoms with E-state index in [9.17, 15) is 14.9 Å². The van der Waals surface area contributed by atoms with Crippen LogP contribution in [0.15, 0.2) is 30.3 Å². The number of nitrogens with two attached hydrogens (primary N) is 1. The Bertz CT molecular complexity index is 757. The molecule has 2 aromatic carbocycles. The zero-order valence-corrected chi connectivity index (χ0v) is 13.0. The minimum absolute atomic E-state index is 0.0417. The summed E-state index contributed by atoms with van der Waals surface area (Å²) in [5.74, 6) is -0.634. The average molecular weight is 361 g/mol. The van der Waals surface area contributed by atoms with Gasteiger partial charge in [-0.1, -0.05) is 34.8 Å². The van der Waals surface area contributed by atoms with E-state index >= 15 is 0 Å². The topological polar surface area (TPSA) is 98.3 Å². The number of nitrogens with one attached hydrogen (secondary N) is 1. The number of nitro groups is 1. The van der Waals surface area contributed by atoms with Crippen molar-refractivity contribution in [1.29, 1.82) is 0 Å². The molecule has 0 aliphatic heterocycles. The fraction of sp³-hybridized carbons (Fsp3) is 0. The number of hydrogen-bond acceptors (Lipinski definition) is 4. The fourth-order valence-electron chi connectivity index (χ4n) is 1.66. The molecule has 0 spiro atoms. The molecule has 114 valence electrons. The smallest absolute Gasteiger partial charge is 0.270 e. The number of halogens is 3. The van der Waals surface area contributed by atoms with Gasteiger partial charge in [0.1, 0.15) is 0 Å². The van der Waals surface area contributed by atoms with Gasteiger partial charge in [-0.15, -0.1) is 0 Å². The van der Waals surface area contributed by atoms with E-state index in [1.54, 1.807) is 0 Å². The molecule has 0 heterocycles. The maximum Gasteiger partial charge on any atom is 0.270 e. The molecule has 0 bridgehead atoms. The molecule has 3 N–H and O–H groups in total. The fourth-order valence-corrected chi connectivity index (χ4v) is 2.35. The minimum Gasteiger partial charge on any atom is -0.396 e. The van der Waals surface area contributed by atoms with E-state index in [2.05, 4.69) is 5.32 Å². The second-order valence-corrected chi connectivity index (χ2v) is 5.45. The Morgan fingerprint density at radius 2 is 1.68 bits per heavy atom. The molecule has 22 heavy (non-hydrogen) atoms. The highest BCUT2D eigenvalue weighted by Gasteiger charge is 2.16. The third-order valence-corrected chi connectivity index (χ3v) is 3.70. The van der Waals surface area contributed by atoms with Crippen LogP contribution in [0.25, 0.3) is 0 Å². The third kappa shape index (κ3) is 3.41. The lowest BCUT2D eigenvalue weighted by molar-refractivity contribution is -0.384. The third-order valence-electron chi connectivity index (χ3n) is 2.74. The summed E-state index contributed by atoms with van der Waals surface area (Å²) in [6.07, 6.45) is 0. The number of non-ortho nitro benzene ring substituents is 1. The monoisotopic (exact) mass is 359 g/mol. The molecule has 0 unspecified atom stereocenters. The Kier molecular flexibility index (Phi) is 4.75. The molecule has 1 amide bonds. The molecular formula is C13H8Cl3N3O3. The SMILES string of the molecule is Nc1c(Cl)cc(NC(=O)c2cc([N+](=O)[O-])ccc2Cl)cc1Cl. The van der Waals surface area contributed by atoms with Crippen LogP contribution in [-0.4, -0.2) is 10.8 Å². The van der Waals surface area contributed by atoms with Gasteiger partial charge in [0, 0.05) is 17.8 Å². The lowest BCUT2D eigenvalue weighted by Gasteiger charge is -2.09. The van der Waals surface area contributed by atoms with E-state index in [4.69, 9.17) is 40.5 Å². The highest BCUT2D eigenvalue weighted by atomic mass is 35.5. The first kappa shape index (κ1) is 16.4. The predicted octanol–water partition coefficient (Wildman–Crippen LogP) is 4.39. The van der Waals surface area contributed by atoms with E-state index in [-0.39, 0.29) is 37.7 Å². The van der Waals surface area contributed by atoms with Gasteiger partial charge in [0.05, 0.1) is 31.2 Å². The van der Waals surface area contributed by atoms with Crippen molar-refractivity contribution in [3.05, 3.63) is 61.1 Å². The van der Waals surface area contributed by atoms with Gasteiger partial charge in [-0.2, -0.15) is 0 Å². The van der Waals surface area contributed by atoms with Crippen molar-refractivity contribution in [1.82, 2.24) is 0 Å². The molecule has 9 heteroatoms. The van der Waals surface area contributed by atoms with Gasteiger partial charge in [-0.05, 0) is 18.2 Å². The molecule has 6 nitrogen and oxygen atoms in total. The minimum atomic E-state index is -0.634. The van der Waals surface area contributed by atoms with E-state index in [0.717, 1.165) is 6.07 Å². The number of nitrogens with zero attached hydrogens (tertiary/aromatic N) is 1. The molecule has 0 atom stereocenters. The van der Waals surface area contributed by atoms with Crippen LogP contribution < -0.4 is 11.1 Å². The van der Waals surface area contributed by atoms with Gasteiger partial charge in [0.2, 0.25) is 0 Å². The number of rotatable bonds is 3. The van der Waals surface area contributed by atoms with Crippen LogP contribution in [-0.2, 0) is 0 Å². The summed E-state index contributed by atoms with van der Waals surface area (Å²) in [4.78, 5) is 22.3. The largest absolute Gasteiger partial charge is 0.396 e. The number of benzene rings is 2. The first-order valence-electron chi connectivity index (χ1n) is 5.79. The zero-order valence-electron chi connectivity index (χ0n) is 10.8. The first-order chi connectivity index (χ1) is 10.3.